The average Bonchev–Trinajstić information content (AvgIpc) is 3.09. The van der Waals surface area contributed by atoms with Crippen molar-refractivity contribution < 1.29 is 22.9 Å². The smallest absolute Gasteiger partial charge is 0.339 e. The van der Waals surface area contributed by atoms with Crippen LogP contribution in [0.5, 0.6) is 0 Å². The van der Waals surface area contributed by atoms with Crippen LogP contribution in [0.2, 0.25) is 0 Å². The fourth-order valence-corrected chi connectivity index (χ4v) is 2.41. The highest BCUT2D eigenvalue weighted by Crippen LogP contribution is 2.25. The van der Waals surface area contributed by atoms with E-state index in [2.05, 4.69) is 15.4 Å². The Hall–Kier alpha value is -4.00. The topological polar surface area (TPSA) is 181 Å². The summed E-state index contributed by atoms with van der Waals surface area (Å²) in [5.74, 6) is -1.14. The molecule has 0 bridgehead atoms. The van der Waals surface area contributed by atoms with Crippen LogP contribution in [0.1, 0.15) is 22.8 Å². The van der Waals surface area contributed by atoms with Gasteiger partial charge in [-0.3, -0.25) is 9.54 Å². The number of nitrogens with one attached hydrogen (secondary N) is 1. The molecule has 3 N–H and O–H groups in total. The van der Waals surface area contributed by atoms with Gasteiger partial charge in [0.15, 0.2) is 0 Å². The van der Waals surface area contributed by atoms with E-state index in [-0.39, 0.29) is 5.56 Å². The number of carboxylic acids is 1. The highest BCUT2D eigenvalue weighted by Gasteiger charge is 2.16. The van der Waals surface area contributed by atoms with Crippen LogP contribution in [-0.2, 0) is 10.1 Å². The quantitative estimate of drug-likeness (QED) is 0.518. The minimum Gasteiger partial charge on any atom is -0.478 e. The van der Waals surface area contributed by atoms with Crippen molar-refractivity contribution in [3.63, 3.8) is 0 Å². The number of hydrogen-bond donors (Lipinski definition) is 3. The summed E-state index contributed by atoms with van der Waals surface area (Å²) in [5.41, 5.74) is 2.58. The molecule has 30 heavy (non-hydrogen) atoms. The van der Waals surface area contributed by atoms with Crippen molar-refractivity contribution >= 4 is 27.3 Å². The average molecular weight is 428 g/mol. The first-order chi connectivity index (χ1) is 14.0. The molecule has 3 aromatic rings. The number of anilines is 1. The Morgan fingerprint density at radius 1 is 1.27 bits per heavy atom. The minimum atomic E-state index is -3.67. The molecular formula is C18H16N6O5S. The number of nitrogens with zero attached hydrogens (tertiary/aromatic N) is 5. The van der Waals surface area contributed by atoms with E-state index in [1.54, 1.807) is 35.7 Å². The van der Waals surface area contributed by atoms with Crippen LogP contribution in [-0.4, -0.2) is 50.9 Å². The molecule has 0 aliphatic carbocycles. The van der Waals surface area contributed by atoms with E-state index in [1.165, 1.54) is 12.4 Å². The molecule has 154 valence electrons. The Labute approximate surface area is 171 Å². The molecule has 3 aromatic heterocycles. The van der Waals surface area contributed by atoms with Crippen LogP contribution in [0, 0.1) is 22.7 Å². The van der Waals surface area contributed by atoms with Crippen molar-refractivity contribution in [2.24, 2.45) is 0 Å². The lowest BCUT2D eigenvalue weighted by Gasteiger charge is -2.12. The van der Waals surface area contributed by atoms with Gasteiger partial charge >= 0.3 is 5.97 Å². The summed E-state index contributed by atoms with van der Waals surface area (Å²) in [4.78, 5) is 15.6. The van der Waals surface area contributed by atoms with Gasteiger partial charge in [-0.2, -0.15) is 24.0 Å². The molecule has 0 saturated heterocycles. The largest absolute Gasteiger partial charge is 0.478 e. The zero-order chi connectivity index (χ0) is 22.5. The predicted octanol–water partition coefficient (Wildman–Crippen LogP) is 1.79. The summed E-state index contributed by atoms with van der Waals surface area (Å²) in [6.07, 6.45) is 3.40. The van der Waals surface area contributed by atoms with E-state index in [4.69, 9.17) is 15.1 Å². The van der Waals surface area contributed by atoms with Gasteiger partial charge in [0.05, 0.1) is 46.7 Å². The van der Waals surface area contributed by atoms with E-state index in [9.17, 15) is 18.3 Å². The van der Waals surface area contributed by atoms with Crippen LogP contribution in [0.15, 0.2) is 36.7 Å². The van der Waals surface area contributed by atoms with Gasteiger partial charge in [0.2, 0.25) is 0 Å². The number of aromatic nitrogens is 3. The molecule has 0 saturated carbocycles. The summed E-state index contributed by atoms with van der Waals surface area (Å²) in [7, 11) is -3.67. The third kappa shape index (κ3) is 5.75. The maximum Gasteiger partial charge on any atom is 0.339 e. The standard InChI is InChI=1S/C17H12N6O2.CH4O3S/c1-10(6-18)22-14-5-15(20-9-13(14)17(24)25)16-3-2-12-4-11(7-19)8-21-23(12)16;1-5(2,3)4/h2-5,8-10H,1H3,(H,20,22)(H,24,25);1H3,(H,2,3,4)/t10-;/m1./s1. The highest BCUT2D eigenvalue weighted by atomic mass is 32.2. The first-order valence-electron chi connectivity index (χ1n) is 8.23. The van der Waals surface area contributed by atoms with Crippen molar-refractivity contribution in [2.45, 2.75) is 13.0 Å². The molecule has 1 atom stereocenters. The summed E-state index contributed by atoms with van der Waals surface area (Å²) in [6, 6.07) is 10.3. The Bertz CT molecular complexity index is 1280. The summed E-state index contributed by atoms with van der Waals surface area (Å²) >= 11 is 0. The molecule has 0 fully saturated rings. The van der Waals surface area contributed by atoms with Crippen molar-refractivity contribution in [1.82, 2.24) is 14.6 Å². The molecule has 12 heteroatoms. The van der Waals surface area contributed by atoms with Crippen molar-refractivity contribution in [3.8, 4) is 23.5 Å². The summed E-state index contributed by atoms with van der Waals surface area (Å²) < 4.78 is 27.5. The van der Waals surface area contributed by atoms with Gasteiger partial charge in [0, 0.05) is 6.20 Å². The number of pyridine rings is 1. The monoisotopic (exact) mass is 428 g/mol. The molecule has 0 unspecified atom stereocenters. The van der Waals surface area contributed by atoms with Crippen LogP contribution < -0.4 is 5.32 Å². The second-order valence-electron chi connectivity index (χ2n) is 6.06. The molecule has 0 aliphatic rings. The number of rotatable bonds is 4. The first kappa shape index (κ1) is 22.3. The second-order valence-corrected chi connectivity index (χ2v) is 7.53. The number of carboxylic acid groups (broad SMARTS) is 1. The Balaban J connectivity index is 0.000000575. The normalized spacial score (nSPS) is 11.5. The van der Waals surface area contributed by atoms with Crippen LogP contribution in [0.3, 0.4) is 0 Å². The van der Waals surface area contributed by atoms with E-state index in [0.29, 0.717) is 28.9 Å². The zero-order valence-electron chi connectivity index (χ0n) is 15.8. The molecule has 0 aliphatic heterocycles. The third-order valence-electron chi connectivity index (χ3n) is 3.59. The van der Waals surface area contributed by atoms with Crippen LogP contribution in [0.4, 0.5) is 5.69 Å². The predicted molar refractivity (Wildman–Crippen MR) is 106 cm³/mol. The van der Waals surface area contributed by atoms with Gasteiger partial charge in [-0.1, -0.05) is 0 Å². The lowest BCUT2D eigenvalue weighted by molar-refractivity contribution is 0.0697. The Morgan fingerprint density at radius 2 is 1.93 bits per heavy atom. The molecule has 0 radical (unpaired) electrons. The lowest BCUT2D eigenvalue weighted by atomic mass is 10.1. The fraction of sp³-hybridized carbons (Fsp3) is 0.167. The van der Waals surface area contributed by atoms with Gasteiger partial charge < -0.3 is 10.4 Å². The van der Waals surface area contributed by atoms with Crippen LogP contribution >= 0.6 is 0 Å². The van der Waals surface area contributed by atoms with Gasteiger partial charge in [-0.15, -0.1) is 0 Å². The molecule has 0 spiro atoms. The van der Waals surface area contributed by atoms with E-state index < -0.39 is 22.1 Å². The van der Waals surface area contributed by atoms with E-state index in [0.717, 1.165) is 5.52 Å². The van der Waals surface area contributed by atoms with Gasteiger partial charge in [0.25, 0.3) is 10.1 Å². The summed E-state index contributed by atoms with van der Waals surface area (Å²) in [6.45, 7) is 1.63. The summed E-state index contributed by atoms with van der Waals surface area (Å²) in [5, 5.41) is 34.3. The molecule has 0 aromatic carbocycles. The van der Waals surface area contributed by atoms with Crippen LogP contribution in [0.25, 0.3) is 16.9 Å². The van der Waals surface area contributed by atoms with Gasteiger partial charge in [-0.25, -0.2) is 9.31 Å². The first-order valence-corrected chi connectivity index (χ1v) is 10.1. The number of fused-ring (bicyclic) bond motifs is 1. The zero-order valence-corrected chi connectivity index (χ0v) is 16.6. The van der Waals surface area contributed by atoms with E-state index in [1.807, 2.05) is 12.1 Å². The number of hydrogen-bond acceptors (Lipinski definition) is 8. The van der Waals surface area contributed by atoms with Crippen molar-refractivity contribution in [3.05, 3.63) is 47.8 Å². The number of aromatic carboxylic acids is 1. The lowest BCUT2D eigenvalue weighted by Crippen LogP contribution is -2.15. The minimum absolute atomic E-state index is 0.0218. The van der Waals surface area contributed by atoms with E-state index >= 15 is 0 Å². The van der Waals surface area contributed by atoms with Crippen molar-refractivity contribution in [2.75, 3.05) is 11.6 Å². The van der Waals surface area contributed by atoms with Crippen molar-refractivity contribution in [1.29, 1.82) is 10.5 Å². The molecular weight excluding hydrogens is 412 g/mol. The number of nitriles is 2. The maximum absolute atomic E-state index is 11.4. The number of carbonyl (C=O) groups is 1. The Kier molecular flexibility index (Phi) is 6.69. The highest BCUT2D eigenvalue weighted by molar-refractivity contribution is 7.85. The Morgan fingerprint density at radius 3 is 2.50 bits per heavy atom. The fourth-order valence-electron chi connectivity index (χ4n) is 2.41. The molecule has 3 rings (SSSR count). The molecule has 3 heterocycles. The third-order valence-corrected chi connectivity index (χ3v) is 3.59. The molecule has 11 nitrogen and oxygen atoms in total. The maximum atomic E-state index is 11.4. The second kappa shape index (κ2) is 9.00. The molecule has 0 amide bonds. The van der Waals surface area contributed by atoms with Gasteiger partial charge in [0.1, 0.15) is 17.7 Å². The van der Waals surface area contributed by atoms with Gasteiger partial charge in [-0.05, 0) is 31.2 Å². The SMILES string of the molecule is CS(=O)(=O)O.C[C@H](C#N)Nc1cc(-c2ccc3cc(C#N)cnn23)ncc1C(=O)O.